The highest BCUT2D eigenvalue weighted by Crippen LogP contribution is 2.29. The zero-order valence-electron chi connectivity index (χ0n) is 7.95. The molecule has 0 radical (unpaired) electrons. The summed E-state index contributed by atoms with van der Waals surface area (Å²) in [4.78, 5) is 0. The van der Waals surface area contributed by atoms with E-state index in [4.69, 9.17) is 5.73 Å². The molecule has 0 spiro atoms. The van der Waals surface area contributed by atoms with Gasteiger partial charge in [-0.15, -0.1) is 0 Å². The Morgan fingerprint density at radius 2 is 1.92 bits per heavy atom. The second-order valence-electron chi connectivity index (χ2n) is 4.04. The molecule has 1 aliphatic rings. The summed E-state index contributed by atoms with van der Waals surface area (Å²) >= 11 is 0. The predicted molar refractivity (Wildman–Crippen MR) is 55.5 cm³/mol. The lowest BCUT2D eigenvalue weighted by atomic mass is 9.78. The fourth-order valence-electron chi connectivity index (χ4n) is 1.92. The van der Waals surface area contributed by atoms with Crippen LogP contribution in [0.15, 0.2) is 30.3 Å². The normalized spacial score (nSPS) is 19.5. The van der Waals surface area contributed by atoms with Crippen molar-refractivity contribution >= 4 is 0 Å². The second kappa shape index (κ2) is 3.93. The van der Waals surface area contributed by atoms with E-state index in [1.54, 1.807) is 0 Å². The Kier molecular flexibility index (Phi) is 2.65. The third-order valence-corrected chi connectivity index (χ3v) is 3.07. The number of hydrogen-bond acceptors (Lipinski definition) is 1. The molecule has 1 aromatic carbocycles. The zero-order chi connectivity index (χ0) is 9.10. The van der Waals surface area contributed by atoms with Crippen LogP contribution in [0.1, 0.15) is 24.8 Å². The van der Waals surface area contributed by atoms with E-state index in [-0.39, 0.29) is 0 Å². The summed E-state index contributed by atoms with van der Waals surface area (Å²) < 4.78 is 0. The zero-order valence-corrected chi connectivity index (χ0v) is 7.95. The Morgan fingerprint density at radius 1 is 1.23 bits per heavy atom. The average Bonchev–Trinajstić information content (AvgIpc) is 2.02. The van der Waals surface area contributed by atoms with Crippen LogP contribution in [0.4, 0.5) is 0 Å². The van der Waals surface area contributed by atoms with Crippen molar-refractivity contribution in [3.05, 3.63) is 35.9 Å². The van der Waals surface area contributed by atoms with E-state index in [0.717, 1.165) is 12.3 Å². The lowest BCUT2D eigenvalue weighted by Crippen LogP contribution is -2.36. The summed E-state index contributed by atoms with van der Waals surface area (Å²) in [5, 5.41) is 0. The van der Waals surface area contributed by atoms with Crippen molar-refractivity contribution in [2.75, 3.05) is 0 Å². The standard InChI is InChI=1S/C12H17N/c13-12(11-7-4-8-11)9-10-5-2-1-3-6-10/h1-3,5-6,11-12H,4,7-9,13H2/t12-/m0/s1. The largest absolute Gasteiger partial charge is 0.327 e. The third kappa shape index (κ3) is 2.10. The monoisotopic (exact) mass is 175 g/mol. The van der Waals surface area contributed by atoms with Gasteiger partial charge in [-0.2, -0.15) is 0 Å². The molecule has 2 N–H and O–H groups in total. The van der Waals surface area contributed by atoms with Crippen LogP contribution in [0.3, 0.4) is 0 Å². The molecule has 1 aliphatic carbocycles. The highest BCUT2D eigenvalue weighted by atomic mass is 14.7. The Balaban J connectivity index is 1.90. The van der Waals surface area contributed by atoms with Crippen molar-refractivity contribution in [1.82, 2.24) is 0 Å². The van der Waals surface area contributed by atoms with Crippen molar-refractivity contribution < 1.29 is 0 Å². The molecule has 70 valence electrons. The van der Waals surface area contributed by atoms with Gasteiger partial charge in [0.05, 0.1) is 0 Å². The van der Waals surface area contributed by atoms with Crippen LogP contribution >= 0.6 is 0 Å². The summed E-state index contributed by atoms with van der Waals surface area (Å²) in [5.41, 5.74) is 7.49. The van der Waals surface area contributed by atoms with E-state index in [9.17, 15) is 0 Å². The highest BCUT2D eigenvalue weighted by Gasteiger charge is 2.23. The lowest BCUT2D eigenvalue weighted by molar-refractivity contribution is 0.260. The number of rotatable bonds is 3. The van der Waals surface area contributed by atoms with Crippen molar-refractivity contribution in [2.45, 2.75) is 31.7 Å². The van der Waals surface area contributed by atoms with Gasteiger partial charge in [-0.05, 0) is 30.7 Å². The van der Waals surface area contributed by atoms with Gasteiger partial charge >= 0.3 is 0 Å². The van der Waals surface area contributed by atoms with Crippen LogP contribution in [0.25, 0.3) is 0 Å². The molecule has 1 fully saturated rings. The fourth-order valence-corrected chi connectivity index (χ4v) is 1.92. The topological polar surface area (TPSA) is 26.0 Å². The van der Waals surface area contributed by atoms with Crippen molar-refractivity contribution in [1.29, 1.82) is 0 Å². The molecule has 13 heavy (non-hydrogen) atoms. The van der Waals surface area contributed by atoms with E-state index in [2.05, 4.69) is 30.3 Å². The smallest absolute Gasteiger partial charge is 0.0108 e. The minimum absolute atomic E-state index is 0.385. The van der Waals surface area contributed by atoms with Crippen LogP contribution in [-0.2, 0) is 6.42 Å². The van der Waals surface area contributed by atoms with Gasteiger partial charge in [0.15, 0.2) is 0 Å². The third-order valence-electron chi connectivity index (χ3n) is 3.07. The van der Waals surface area contributed by atoms with E-state index >= 15 is 0 Å². The van der Waals surface area contributed by atoms with Gasteiger partial charge < -0.3 is 5.73 Å². The maximum absolute atomic E-state index is 6.11. The summed E-state index contributed by atoms with van der Waals surface area (Å²) in [5.74, 6) is 0.792. The molecule has 1 atom stereocenters. The first kappa shape index (κ1) is 8.76. The van der Waals surface area contributed by atoms with Crippen molar-refractivity contribution in [2.24, 2.45) is 11.7 Å². The quantitative estimate of drug-likeness (QED) is 0.749. The highest BCUT2D eigenvalue weighted by molar-refractivity contribution is 5.16. The van der Waals surface area contributed by atoms with E-state index < -0.39 is 0 Å². The summed E-state index contributed by atoms with van der Waals surface area (Å²) in [6, 6.07) is 10.9. The van der Waals surface area contributed by atoms with Gasteiger partial charge in [0, 0.05) is 6.04 Å². The molecular formula is C12H17N. The van der Waals surface area contributed by atoms with Crippen LogP contribution in [0, 0.1) is 5.92 Å². The molecule has 1 heteroatoms. The van der Waals surface area contributed by atoms with Crippen LogP contribution < -0.4 is 5.73 Å². The number of hydrogen-bond donors (Lipinski definition) is 1. The SMILES string of the molecule is N[C@@H](Cc1ccccc1)C1CCC1. The summed E-state index contributed by atoms with van der Waals surface area (Å²) in [7, 11) is 0. The van der Waals surface area contributed by atoms with Gasteiger partial charge in [-0.25, -0.2) is 0 Å². The Bertz CT molecular complexity index is 251. The molecule has 1 saturated carbocycles. The van der Waals surface area contributed by atoms with Gasteiger partial charge in [0.2, 0.25) is 0 Å². The molecule has 0 saturated heterocycles. The molecular weight excluding hydrogens is 158 g/mol. The van der Waals surface area contributed by atoms with Gasteiger partial charge in [-0.3, -0.25) is 0 Å². The van der Waals surface area contributed by atoms with Gasteiger partial charge in [0.1, 0.15) is 0 Å². The van der Waals surface area contributed by atoms with Gasteiger partial charge in [-0.1, -0.05) is 36.8 Å². The maximum Gasteiger partial charge on any atom is 0.0108 e. The Morgan fingerprint density at radius 3 is 2.46 bits per heavy atom. The fraction of sp³-hybridized carbons (Fsp3) is 0.500. The van der Waals surface area contributed by atoms with E-state index in [1.165, 1.54) is 24.8 Å². The average molecular weight is 175 g/mol. The molecule has 0 aromatic heterocycles. The maximum atomic E-state index is 6.11. The Hall–Kier alpha value is -0.820. The van der Waals surface area contributed by atoms with Crippen molar-refractivity contribution in [3.63, 3.8) is 0 Å². The van der Waals surface area contributed by atoms with Gasteiger partial charge in [0.25, 0.3) is 0 Å². The molecule has 1 nitrogen and oxygen atoms in total. The first-order chi connectivity index (χ1) is 6.36. The summed E-state index contributed by atoms with van der Waals surface area (Å²) in [6.45, 7) is 0. The minimum Gasteiger partial charge on any atom is -0.327 e. The molecule has 0 aliphatic heterocycles. The minimum atomic E-state index is 0.385. The van der Waals surface area contributed by atoms with Crippen molar-refractivity contribution in [3.8, 4) is 0 Å². The molecule has 0 bridgehead atoms. The molecule has 0 heterocycles. The summed E-state index contributed by atoms with van der Waals surface area (Å²) in [6.07, 6.45) is 5.11. The van der Waals surface area contributed by atoms with Crippen LogP contribution in [-0.4, -0.2) is 6.04 Å². The Labute approximate surface area is 80.0 Å². The first-order valence-corrected chi connectivity index (χ1v) is 5.16. The predicted octanol–water partition coefficient (Wildman–Crippen LogP) is 2.36. The number of nitrogens with two attached hydrogens (primary N) is 1. The van der Waals surface area contributed by atoms with E-state index in [1.807, 2.05) is 0 Å². The van der Waals surface area contributed by atoms with E-state index in [0.29, 0.717) is 6.04 Å². The lowest BCUT2D eigenvalue weighted by Gasteiger charge is -2.31. The molecule has 0 amide bonds. The molecule has 1 aromatic rings. The second-order valence-corrected chi connectivity index (χ2v) is 4.04. The molecule has 0 unspecified atom stereocenters. The molecule has 2 rings (SSSR count). The number of benzene rings is 1. The first-order valence-electron chi connectivity index (χ1n) is 5.16. The van der Waals surface area contributed by atoms with Crippen LogP contribution in [0.5, 0.6) is 0 Å². The van der Waals surface area contributed by atoms with Crippen LogP contribution in [0.2, 0.25) is 0 Å².